The van der Waals surface area contributed by atoms with E-state index >= 15 is 0 Å². The molecule has 1 nitrogen and oxygen atoms in total. The van der Waals surface area contributed by atoms with Crippen LogP contribution in [-0.2, 0) is 0 Å². The average molecular weight is 195 g/mol. The molecule has 1 aliphatic rings. The molecule has 0 aromatic carbocycles. The van der Waals surface area contributed by atoms with Crippen LogP contribution in [0, 0.1) is 5.92 Å². The molecule has 1 heterocycles. The Morgan fingerprint density at radius 1 is 1.17 bits per heavy atom. The van der Waals surface area contributed by atoms with Gasteiger partial charge in [0, 0.05) is 31.4 Å². The SMILES string of the molecule is CCN1CC(C)C1.F.FF.FF. The van der Waals surface area contributed by atoms with E-state index in [1.165, 1.54) is 19.6 Å². The van der Waals surface area contributed by atoms with Crippen molar-refractivity contribution in [1.82, 2.24) is 4.90 Å². The molecular formula is C6H14F5N. The fourth-order valence-electron chi connectivity index (χ4n) is 1.09. The average Bonchev–Trinajstić information content (AvgIpc) is 2.06. The molecule has 0 unspecified atom stereocenters. The van der Waals surface area contributed by atoms with Gasteiger partial charge in [-0.05, 0) is 12.5 Å². The van der Waals surface area contributed by atoms with E-state index in [1.807, 2.05) is 0 Å². The van der Waals surface area contributed by atoms with Crippen LogP contribution in [0.25, 0.3) is 0 Å². The van der Waals surface area contributed by atoms with Crippen LogP contribution < -0.4 is 0 Å². The van der Waals surface area contributed by atoms with Gasteiger partial charge in [-0.15, -0.1) is 0 Å². The molecule has 0 spiro atoms. The van der Waals surface area contributed by atoms with E-state index in [-0.39, 0.29) is 4.70 Å². The Morgan fingerprint density at radius 2 is 1.50 bits per heavy atom. The molecule has 0 N–H and O–H groups in total. The maximum absolute atomic E-state index is 8.00. The molecule has 1 aliphatic heterocycles. The van der Waals surface area contributed by atoms with Gasteiger partial charge in [0.05, 0.1) is 0 Å². The van der Waals surface area contributed by atoms with Crippen LogP contribution in [0.4, 0.5) is 23.0 Å². The van der Waals surface area contributed by atoms with Gasteiger partial charge in [-0.1, -0.05) is 13.8 Å². The molecule has 0 aromatic rings. The number of likely N-dealkylation sites (tertiary alicyclic amines) is 1. The Bertz CT molecular complexity index is 67.0. The Hall–Kier alpha value is -0.390. The summed E-state index contributed by atoms with van der Waals surface area (Å²) >= 11 is 0. The quantitative estimate of drug-likeness (QED) is 0.581. The van der Waals surface area contributed by atoms with Crippen molar-refractivity contribution in [3.8, 4) is 0 Å². The molecule has 0 aliphatic carbocycles. The first-order valence-corrected chi connectivity index (χ1v) is 3.34. The Labute approximate surface area is 68.4 Å². The van der Waals surface area contributed by atoms with Crippen LogP contribution in [0.2, 0.25) is 0 Å². The summed E-state index contributed by atoms with van der Waals surface area (Å²) in [5, 5.41) is 0. The van der Waals surface area contributed by atoms with Gasteiger partial charge in [0.2, 0.25) is 0 Å². The lowest BCUT2D eigenvalue weighted by Gasteiger charge is -2.35. The van der Waals surface area contributed by atoms with E-state index < -0.39 is 0 Å². The van der Waals surface area contributed by atoms with E-state index in [9.17, 15) is 0 Å². The molecule has 0 radical (unpaired) electrons. The molecule has 0 atom stereocenters. The summed E-state index contributed by atoms with van der Waals surface area (Å²) in [5.74, 6) is 0.972. The van der Waals surface area contributed by atoms with Crippen LogP contribution >= 0.6 is 0 Å². The number of hydrogen-bond donors (Lipinski definition) is 0. The van der Waals surface area contributed by atoms with Gasteiger partial charge in [0.15, 0.2) is 0 Å². The summed E-state index contributed by atoms with van der Waals surface area (Å²) in [5.41, 5.74) is 0. The van der Waals surface area contributed by atoms with Crippen LogP contribution in [0.15, 0.2) is 0 Å². The van der Waals surface area contributed by atoms with Gasteiger partial charge in [0.25, 0.3) is 0 Å². The van der Waals surface area contributed by atoms with Crippen molar-refractivity contribution in [1.29, 1.82) is 0 Å². The third kappa shape index (κ3) is 7.71. The molecule has 1 saturated heterocycles. The zero-order chi connectivity index (χ0) is 9.28. The molecule has 1 fully saturated rings. The predicted octanol–water partition coefficient (Wildman–Crippen LogP) is 2.79. The molecule has 0 amide bonds. The summed E-state index contributed by atoms with van der Waals surface area (Å²) in [4.78, 5) is 2.45. The van der Waals surface area contributed by atoms with E-state index in [1.54, 1.807) is 0 Å². The highest BCUT2D eigenvalue weighted by Crippen LogP contribution is 2.11. The summed E-state index contributed by atoms with van der Waals surface area (Å²) in [6, 6.07) is 0. The monoisotopic (exact) mass is 195 g/mol. The third-order valence-electron chi connectivity index (χ3n) is 1.59. The lowest BCUT2D eigenvalue weighted by Crippen LogP contribution is -2.44. The summed E-state index contributed by atoms with van der Waals surface area (Å²) in [7, 11) is 0. The molecule has 12 heavy (non-hydrogen) atoms. The summed E-state index contributed by atoms with van der Waals surface area (Å²) < 4.78 is 32.0. The van der Waals surface area contributed by atoms with Crippen LogP contribution in [0.3, 0.4) is 0 Å². The lowest BCUT2D eigenvalue weighted by atomic mass is 10.0. The largest absolute Gasteiger partial charge is 0.303 e. The molecular weight excluding hydrogens is 181 g/mol. The Morgan fingerprint density at radius 3 is 1.58 bits per heavy atom. The van der Waals surface area contributed by atoms with Gasteiger partial charge in [0.1, 0.15) is 0 Å². The van der Waals surface area contributed by atoms with E-state index in [0.29, 0.717) is 0 Å². The molecule has 0 bridgehead atoms. The lowest BCUT2D eigenvalue weighted by molar-refractivity contribution is 0.108. The van der Waals surface area contributed by atoms with Crippen molar-refractivity contribution in [3.05, 3.63) is 0 Å². The van der Waals surface area contributed by atoms with Crippen LogP contribution in [0.1, 0.15) is 13.8 Å². The topological polar surface area (TPSA) is 3.24 Å². The van der Waals surface area contributed by atoms with Crippen molar-refractivity contribution in [2.75, 3.05) is 19.6 Å². The summed E-state index contributed by atoms with van der Waals surface area (Å²) in [6.07, 6.45) is 0. The normalized spacial score (nSPS) is 15.5. The minimum atomic E-state index is 0. The minimum absolute atomic E-state index is 0. The number of nitrogens with zero attached hydrogens (tertiary/aromatic N) is 1. The third-order valence-corrected chi connectivity index (χ3v) is 1.59. The molecule has 0 aromatic heterocycles. The van der Waals surface area contributed by atoms with Crippen molar-refractivity contribution >= 4 is 0 Å². The molecule has 6 heteroatoms. The predicted molar refractivity (Wildman–Crippen MR) is 38.2 cm³/mol. The first-order valence-electron chi connectivity index (χ1n) is 3.34. The zero-order valence-electron chi connectivity index (χ0n) is 7.07. The summed E-state index contributed by atoms with van der Waals surface area (Å²) in [6.45, 7) is 8.41. The highest BCUT2D eigenvalue weighted by molar-refractivity contribution is 4.73. The second-order valence-electron chi connectivity index (χ2n) is 2.46. The van der Waals surface area contributed by atoms with Gasteiger partial charge in [-0.2, -0.15) is 0 Å². The fourth-order valence-corrected chi connectivity index (χ4v) is 1.09. The zero-order valence-corrected chi connectivity index (χ0v) is 7.07. The van der Waals surface area contributed by atoms with Crippen LogP contribution in [-0.4, -0.2) is 24.5 Å². The molecule has 1 rings (SSSR count). The van der Waals surface area contributed by atoms with Crippen LogP contribution in [0.5, 0.6) is 0 Å². The molecule has 78 valence electrons. The van der Waals surface area contributed by atoms with E-state index in [4.69, 9.17) is 18.3 Å². The maximum atomic E-state index is 8.00. The van der Waals surface area contributed by atoms with E-state index in [2.05, 4.69) is 18.7 Å². The number of rotatable bonds is 1. The van der Waals surface area contributed by atoms with Crippen molar-refractivity contribution in [2.24, 2.45) is 5.92 Å². The van der Waals surface area contributed by atoms with Crippen molar-refractivity contribution < 1.29 is 23.0 Å². The second-order valence-corrected chi connectivity index (χ2v) is 2.46. The van der Waals surface area contributed by atoms with Crippen molar-refractivity contribution in [2.45, 2.75) is 13.8 Å². The fraction of sp³-hybridized carbons (Fsp3) is 1.00. The Kier molecular flexibility index (Phi) is 19.4. The second kappa shape index (κ2) is 13.2. The number of hydrogen-bond acceptors (Lipinski definition) is 1. The first-order chi connectivity index (χ1) is 5.33. The first kappa shape index (κ1) is 17.6. The number of halogens is 5. The van der Waals surface area contributed by atoms with Gasteiger partial charge >= 0.3 is 0 Å². The minimum Gasteiger partial charge on any atom is -0.303 e. The van der Waals surface area contributed by atoms with Gasteiger partial charge in [-0.25, -0.2) is 0 Å². The van der Waals surface area contributed by atoms with Crippen molar-refractivity contribution in [3.63, 3.8) is 0 Å². The highest BCUT2D eigenvalue weighted by atomic mass is 20.0. The van der Waals surface area contributed by atoms with E-state index in [0.717, 1.165) is 5.92 Å². The smallest absolute Gasteiger partial charge is 0.00192 e. The Balaban J connectivity index is -0.000000144. The van der Waals surface area contributed by atoms with Gasteiger partial charge < -0.3 is 4.90 Å². The highest BCUT2D eigenvalue weighted by Gasteiger charge is 2.19. The standard InChI is InChI=1S/C6H13N.2F2.FH/c1-3-7-4-6(2)5-7;2*1-2;/h6H,3-5H2,1-2H3;;;1H. The van der Waals surface area contributed by atoms with Gasteiger partial charge in [-0.3, -0.25) is 4.70 Å². The maximum Gasteiger partial charge on any atom is 0.00192 e. The molecule has 0 saturated carbocycles.